The van der Waals surface area contributed by atoms with Crippen molar-refractivity contribution in [3.05, 3.63) is 54.1 Å². The van der Waals surface area contributed by atoms with Crippen LogP contribution in [-0.2, 0) is 16.1 Å². The van der Waals surface area contributed by atoms with E-state index in [0.717, 1.165) is 44.0 Å². The third kappa shape index (κ3) is 4.55. The van der Waals surface area contributed by atoms with Gasteiger partial charge in [-0.05, 0) is 35.2 Å². The standard InChI is InChI=1S/C23H29NO4/c1-26-20-8-6-19(7-9-20)18-4-2-17(3-5-18)16-28-21-14-22(23(25)15-21)24-10-12-27-13-11-24/h2-9,21-23,25H,10-16H2,1H3/t21-,22-,23-/m1/s1. The minimum absolute atomic E-state index is 0.115. The normalized spacial score (nSPS) is 25.7. The Morgan fingerprint density at radius 2 is 1.61 bits per heavy atom. The third-order valence-corrected chi connectivity index (χ3v) is 5.83. The van der Waals surface area contributed by atoms with Gasteiger partial charge in [-0.2, -0.15) is 0 Å². The highest BCUT2D eigenvalue weighted by Crippen LogP contribution is 2.29. The van der Waals surface area contributed by atoms with Crippen LogP contribution in [0.3, 0.4) is 0 Å². The fraction of sp³-hybridized carbons (Fsp3) is 0.478. The molecular formula is C23H29NO4. The van der Waals surface area contributed by atoms with Crippen molar-refractivity contribution in [1.82, 2.24) is 4.90 Å². The summed E-state index contributed by atoms with van der Waals surface area (Å²) < 4.78 is 16.8. The van der Waals surface area contributed by atoms with E-state index >= 15 is 0 Å². The van der Waals surface area contributed by atoms with E-state index in [1.807, 2.05) is 12.1 Å². The summed E-state index contributed by atoms with van der Waals surface area (Å²) in [4.78, 5) is 2.35. The van der Waals surface area contributed by atoms with Crippen molar-refractivity contribution in [3.8, 4) is 16.9 Å². The van der Waals surface area contributed by atoms with Crippen molar-refractivity contribution in [3.63, 3.8) is 0 Å². The highest BCUT2D eigenvalue weighted by molar-refractivity contribution is 5.64. The second-order valence-electron chi connectivity index (χ2n) is 7.61. The van der Waals surface area contributed by atoms with E-state index in [2.05, 4.69) is 41.3 Å². The van der Waals surface area contributed by atoms with Crippen molar-refractivity contribution < 1.29 is 19.3 Å². The van der Waals surface area contributed by atoms with Crippen LogP contribution in [-0.4, -0.2) is 61.7 Å². The minimum Gasteiger partial charge on any atom is -0.497 e. The molecule has 5 nitrogen and oxygen atoms in total. The van der Waals surface area contributed by atoms with Crippen LogP contribution >= 0.6 is 0 Å². The first-order valence-corrected chi connectivity index (χ1v) is 10.1. The lowest BCUT2D eigenvalue weighted by Crippen LogP contribution is -2.46. The summed E-state index contributed by atoms with van der Waals surface area (Å²) >= 11 is 0. The summed E-state index contributed by atoms with van der Waals surface area (Å²) in [5.74, 6) is 0.864. The number of ether oxygens (including phenoxy) is 3. The molecule has 28 heavy (non-hydrogen) atoms. The molecule has 1 saturated heterocycles. The average molecular weight is 383 g/mol. The first-order valence-electron chi connectivity index (χ1n) is 10.1. The lowest BCUT2D eigenvalue weighted by atomic mass is 10.0. The molecule has 4 rings (SSSR count). The molecule has 0 amide bonds. The fourth-order valence-corrected chi connectivity index (χ4v) is 4.18. The Morgan fingerprint density at radius 3 is 2.25 bits per heavy atom. The molecule has 1 heterocycles. The molecule has 0 spiro atoms. The monoisotopic (exact) mass is 383 g/mol. The summed E-state index contributed by atoms with van der Waals surface area (Å²) in [5, 5.41) is 10.4. The van der Waals surface area contributed by atoms with E-state index in [1.165, 1.54) is 11.1 Å². The molecule has 5 heteroatoms. The van der Waals surface area contributed by atoms with E-state index in [9.17, 15) is 5.11 Å². The number of nitrogens with zero attached hydrogens (tertiary/aromatic N) is 1. The SMILES string of the molecule is COc1ccc(-c2ccc(CO[C@H]3C[C@@H](O)[C@H](N4CCOCC4)C3)cc2)cc1. The Hall–Kier alpha value is -1.92. The van der Waals surface area contributed by atoms with E-state index in [4.69, 9.17) is 14.2 Å². The van der Waals surface area contributed by atoms with Crippen molar-refractivity contribution >= 4 is 0 Å². The van der Waals surface area contributed by atoms with Gasteiger partial charge in [0.15, 0.2) is 0 Å². The Bertz CT molecular complexity index is 740. The molecule has 2 fully saturated rings. The summed E-state index contributed by atoms with van der Waals surface area (Å²) in [6.07, 6.45) is 1.42. The van der Waals surface area contributed by atoms with Gasteiger partial charge in [0.05, 0.1) is 39.1 Å². The van der Waals surface area contributed by atoms with Crippen molar-refractivity contribution in [2.45, 2.75) is 37.7 Å². The number of aliphatic hydroxyl groups excluding tert-OH is 1. The second kappa shape index (κ2) is 9.05. The largest absolute Gasteiger partial charge is 0.497 e. The molecule has 0 aromatic heterocycles. The fourth-order valence-electron chi connectivity index (χ4n) is 4.18. The Labute approximate surface area is 166 Å². The number of aliphatic hydroxyl groups is 1. The van der Waals surface area contributed by atoms with Gasteiger partial charge in [0.25, 0.3) is 0 Å². The number of rotatable bonds is 6. The molecule has 0 bridgehead atoms. The zero-order chi connectivity index (χ0) is 19.3. The highest BCUT2D eigenvalue weighted by Gasteiger charge is 2.37. The van der Waals surface area contributed by atoms with Gasteiger partial charge in [0.2, 0.25) is 0 Å². The molecule has 2 aromatic rings. The molecular weight excluding hydrogens is 354 g/mol. The Balaban J connectivity index is 1.30. The first-order chi connectivity index (χ1) is 13.7. The zero-order valence-electron chi connectivity index (χ0n) is 16.4. The van der Waals surface area contributed by atoms with Gasteiger partial charge < -0.3 is 19.3 Å². The molecule has 2 aliphatic rings. The van der Waals surface area contributed by atoms with Crippen LogP contribution in [0.4, 0.5) is 0 Å². The summed E-state index contributed by atoms with van der Waals surface area (Å²) in [6, 6.07) is 16.8. The number of morpholine rings is 1. The number of methoxy groups -OCH3 is 1. The summed E-state index contributed by atoms with van der Waals surface area (Å²) in [6.45, 7) is 3.91. The van der Waals surface area contributed by atoms with Crippen LogP contribution < -0.4 is 4.74 Å². The maximum absolute atomic E-state index is 10.4. The topological polar surface area (TPSA) is 51.2 Å². The van der Waals surface area contributed by atoms with E-state index in [1.54, 1.807) is 7.11 Å². The Kier molecular flexibility index (Phi) is 6.27. The number of benzene rings is 2. The molecule has 1 aliphatic heterocycles. The second-order valence-corrected chi connectivity index (χ2v) is 7.61. The lowest BCUT2D eigenvalue weighted by Gasteiger charge is -2.33. The highest BCUT2D eigenvalue weighted by atomic mass is 16.5. The van der Waals surface area contributed by atoms with Crippen LogP contribution in [0, 0.1) is 0 Å². The molecule has 3 atom stereocenters. The summed E-state index contributed by atoms with van der Waals surface area (Å²) in [7, 11) is 1.68. The van der Waals surface area contributed by atoms with E-state index in [0.29, 0.717) is 13.0 Å². The van der Waals surface area contributed by atoms with Gasteiger partial charge in [-0.1, -0.05) is 36.4 Å². The van der Waals surface area contributed by atoms with Gasteiger partial charge in [-0.15, -0.1) is 0 Å². The van der Waals surface area contributed by atoms with Gasteiger partial charge in [-0.3, -0.25) is 4.90 Å². The molecule has 1 saturated carbocycles. The van der Waals surface area contributed by atoms with Crippen LogP contribution in [0.1, 0.15) is 18.4 Å². The lowest BCUT2D eigenvalue weighted by molar-refractivity contribution is -0.0121. The molecule has 0 unspecified atom stereocenters. The van der Waals surface area contributed by atoms with E-state index < -0.39 is 0 Å². The van der Waals surface area contributed by atoms with Gasteiger partial charge >= 0.3 is 0 Å². The maximum atomic E-state index is 10.4. The molecule has 1 aliphatic carbocycles. The van der Waals surface area contributed by atoms with Gasteiger partial charge in [0, 0.05) is 25.6 Å². The predicted octanol–water partition coefficient (Wildman–Crippen LogP) is 3.10. The Morgan fingerprint density at radius 1 is 0.964 bits per heavy atom. The van der Waals surface area contributed by atoms with Crippen molar-refractivity contribution in [2.75, 3.05) is 33.4 Å². The quantitative estimate of drug-likeness (QED) is 0.831. The molecule has 150 valence electrons. The van der Waals surface area contributed by atoms with Gasteiger partial charge in [0.1, 0.15) is 5.75 Å². The van der Waals surface area contributed by atoms with Crippen molar-refractivity contribution in [1.29, 1.82) is 0 Å². The summed E-state index contributed by atoms with van der Waals surface area (Å²) in [5.41, 5.74) is 3.50. The molecule has 0 radical (unpaired) electrons. The molecule has 2 aromatic carbocycles. The first kappa shape index (κ1) is 19.4. The van der Waals surface area contributed by atoms with Crippen LogP contribution in [0.2, 0.25) is 0 Å². The predicted molar refractivity (Wildman–Crippen MR) is 108 cm³/mol. The molecule has 1 N–H and O–H groups in total. The third-order valence-electron chi connectivity index (χ3n) is 5.83. The smallest absolute Gasteiger partial charge is 0.118 e. The van der Waals surface area contributed by atoms with E-state index in [-0.39, 0.29) is 18.2 Å². The number of hydrogen-bond donors (Lipinski definition) is 1. The van der Waals surface area contributed by atoms with Crippen LogP contribution in [0.15, 0.2) is 48.5 Å². The maximum Gasteiger partial charge on any atom is 0.118 e. The van der Waals surface area contributed by atoms with Crippen molar-refractivity contribution in [2.24, 2.45) is 0 Å². The minimum atomic E-state index is -0.305. The van der Waals surface area contributed by atoms with Crippen LogP contribution in [0.25, 0.3) is 11.1 Å². The van der Waals surface area contributed by atoms with Crippen LogP contribution in [0.5, 0.6) is 5.75 Å². The zero-order valence-corrected chi connectivity index (χ0v) is 16.4. The average Bonchev–Trinajstić information content (AvgIpc) is 3.14. The number of hydrogen-bond acceptors (Lipinski definition) is 5. The van der Waals surface area contributed by atoms with Gasteiger partial charge in [-0.25, -0.2) is 0 Å².